The Morgan fingerprint density at radius 2 is 2.05 bits per heavy atom. The van der Waals surface area contributed by atoms with E-state index in [4.69, 9.17) is 5.73 Å². The van der Waals surface area contributed by atoms with Crippen molar-refractivity contribution in [2.24, 2.45) is 0 Å². The topological polar surface area (TPSA) is 110 Å². The van der Waals surface area contributed by atoms with Crippen molar-refractivity contribution >= 4 is 17.0 Å². The third-order valence-corrected chi connectivity index (χ3v) is 3.68. The van der Waals surface area contributed by atoms with Crippen LogP contribution in [0.3, 0.4) is 0 Å². The highest BCUT2D eigenvalue weighted by Crippen LogP contribution is 2.21. The summed E-state index contributed by atoms with van der Waals surface area (Å²) in [6.07, 6.45) is 7.70. The van der Waals surface area contributed by atoms with Crippen LogP contribution in [0.1, 0.15) is 39.0 Å². The van der Waals surface area contributed by atoms with Crippen LogP contribution >= 0.6 is 0 Å². The molecule has 1 unspecified atom stereocenters. The van der Waals surface area contributed by atoms with Gasteiger partial charge in [-0.3, -0.25) is 0 Å². The lowest BCUT2D eigenvalue weighted by Crippen LogP contribution is -2.38. The molecule has 0 saturated heterocycles. The maximum atomic E-state index is 10.5. The van der Waals surface area contributed by atoms with Crippen molar-refractivity contribution in [1.82, 2.24) is 19.5 Å². The van der Waals surface area contributed by atoms with Crippen molar-refractivity contribution < 1.29 is 10.2 Å². The molecule has 0 saturated carbocycles. The highest BCUT2D eigenvalue weighted by Gasteiger charge is 2.27. The maximum Gasteiger partial charge on any atom is 0.165 e. The minimum Gasteiger partial charge on any atom is -0.393 e. The fourth-order valence-electron chi connectivity index (χ4n) is 2.42. The summed E-state index contributed by atoms with van der Waals surface area (Å²) in [5, 5.41) is 20.1. The molecule has 2 heterocycles. The number of aromatic nitrogens is 4. The SMILES string of the molecule is CCCCCCC(O)(CO)Cn1cnc2c(N)ncnc21. The van der Waals surface area contributed by atoms with Gasteiger partial charge in [-0.1, -0.05) is 32.6 Å². The van der Waals surface area contributed by atoms with Gasteiger partial charge in [0, 0.05) is 0 Å². The van der Waals surface area contributed by atoms with Crippen LogP contribution in [0.4, 0.5) is 5.82 Å². The number of aliphatic hydroxyl groups is 2. The van der Waals surface area contributed by atoms with Crippen LogP contribution in [0, 0.1) is 0 Å². The Kier molecular flexibility index (Phi) is 5.08. The number of rotatable bonds is 8. The highest BCUT2D eigenvalue weighted by molar-refractivity contribution is 5.81. The van der Waals surface area contributed by atoms with Crippen molar-refractivity contribution in [3.05, 3.63) is 12.7 Å². The molecule has 116 valence electrons. The second-order valence-corrected chi connectivity index (χ2v) is 5.50. The standard InChI is InChI=1S/C14H23N5O2/c1-2-3-4-5-6-14(21,8-20)7-19-10-18-11-12(15)16-9-17-13(11)19/h9-10,20-21H,2-8H2,1H3,(H2,15,16,17). The number of hydrogen-bond donors (Lipinski definition) is 3. The number of aliphatic hydroxyl groups excluding tert-OH is 1. The fourth-order valence-corrected chi connectivity index (χ4v) is 2.42. The molecule has 0 amide bonds. The summed E-state index contributed by atoms with van der Waals surface area (Å²) in [6, 6.07) is 0. The van der Waals surface area contributed by atoms with Gasteiger partial charge in [0.1, 0.15) is 17.4 Å². The van der Waals surface area contributed by atoms with E-state index in [1.165, 1.54) is 6.33 Å². The van der Waals surface area contributed by atoms with E-state index >= 15 is 0 Å². The number of imidazole rings is 1. The summed E-state index contributed by atoms with van der Waals surface area (Å²) in [5.41, 5.74) is 5.66. The van der Waals surface area contributed by atoms with E-state index in [0.717, 1.165) is 25.7 Å². The summed E-state index contributed by atoms with van der Waals surface area (Å²) in [7, 11) is 0. The molecular weight excluding hydrogens is 270 g/mol. The number of nitrogen functional groups attached to an aromatic ring is 1. The summed E-state index contributed by atoms with van der Waals surface area (Å²) in [5.74, 6) is 0.314. The summed E-state index contributed by atoms with van der Waals surface area (Å²) >= 11 is 0. The van der Waals surface area contributed by atoms with Crippen molar-refractivity contribution in [2.45, 2.75) is 51.2 Å². The molecule has 0 fully saturated rings. The van der Waals surface area contributed by atoms with Gasteiger partial charge in [0.15, 0.2) is 11.5 Å². The Hall–Kier alpha value is -1.73. The number of nitrogens with zero attached hydrogens (tertiary/aromatic N) is 4. The molecular formula is C14H23N5O2. The molecule has 0 aliphatic rings. The zero-order valence-corrected chi connectivity index (χ0v) is 12.4. The van der Waals surface area contributed by atoms with Crippen LogP contribution in [0.2, 0.25) is 0 Å². The molecule has 2 aromatic heterocycles. The zero-order chi connectivity index (χ0) is 15.3. The first-order chi connectivity index (χ1) is 10.1. The lowest BCUT2D eigenvalue weighted by atomic mass is 9.96. The number of fused-ring (bicyclic) bond motifs is 1. The normalized spacial score (nSPS) is 14.4. The second kappa shape index (κ2) is 6.82. The molecule has 0 bridgehead atoms. The van der Waals surface area contributed by atoms with Gasteiger partial charge < -0.3 is 20.5 Å². The lowest BCUT2D eigenvalue weighted by Gasteiger charge is -2.26. The van der Waals surface area contributed by atoms with Crippen LogP contribution in [0.5, 0.6) is 0 Å². The van der Waals surface area contributed by atoms with E-state index in [9.17, 15) is 10.2 Å². The van der Waals surface area contributed by atoms with Crippen LogP contribution in [-0.4, -0.2) is 41.9 Å². The van der Waals surface area contributed by atoms with Crippen molar-refractivity contribution in [3.63, 3.8) is 0 Å². The van der Waals surface area contributed by atoms with Gasteiger partial charge in [0.05, 0.1) is 19.5 Å². The summed E-state index contributed by atoms with van der Waals surface area (Å²) in [6.45, 7) is 2.09. The molecule has 2 aromatic rings. The van der Waals surface area contributed by atoms with Crippen LogP contribution < -0.4 is 5.73 Å². The Morgan fingerprint density at radius 3 is 2.76 bits per heavy atom. The van der Waals surface area contributed by atoms with Crippen molar-refractivity contribution in [2.75, 3.05) is 12.3 Å². The van der Waals surface area contributed by atoms with Crippen molar-refractivity contribution in [1.29, 1.82) is 0 Å². The smallest absolute Gasteiger partial charge is 0.165 e. The van der Waals surface area contributed by atoms with Gasteiger partial charge in [0.2, 0.25) is 0 Å². The number of nitrogens with two attached hydrogens (primary N) is 1. The van der Waals surface area contributed by atoms with Gasteiger partial charge in [-0.2, -0.15) is 0 Å². The van der Waals surface area contributed by atoms with E-state index < -0.39 is 5.60 Å². The fraction of sp³-hybridized carbons (Fsp3) is 0.643. The molecule has 0 aliphatic heterocycles. The van der Waals surface area contributed by atoms with Gasteiger partial charge in [-0.15, -0.1) is 0 Å². The van der Waals surface area contributed by atoms with Gasteiger partial charge in [-0.05, 0) is 6.42 Å². The molecule has 0 radical (unpaired) electrons. The van der Waals surface area contributed by atoms with Crippen LogP contribution in [-0.2, 0) is 6.54 Å². The predicted octanol–water partition coefficient (Wildman–Crippen LogP) is 1.10. The molecule has 0 aromatic carbocycles. The highest BCUT2D eigenvalue weighted by atomic mass is 16.3. The Labute approximate surface area is 123 Å². The van der Waals surface area contributed by atoms with E-state index in [1.807, 2.05) is 0 Å². The largest absolute Gasteiger partial charge is 0.393 e. The van der Waals surface area contributed by atoms with E-state index in [0.29, 0.717) is 23.4 Å². The maximum absolute atomic E-state index is 10.5. The van der Waals surface area contributed by atoms with Gasteiger partial charge in [-0.25, -0.2) is 15.0 Å². The van der Waals surface area contributed by atoms with E-state index in [2.05, 4.69) is 21.9 Å². The first-order valence-electron chi connectivity index (χ1n) is 7.34. The molecule has 0 aliphatic carbocycles. The minimum atomic E-state index is -1.17. The third kappa shape index (κ3) is 3.68. The average Bonchev–Trinajstić information content (AvgIpc) is 2.88. The molecule has 4 N–H and O–H groups in total. The molecule has 7 heteroatoms. The summed E-state index contributed by atoms with van der Waals surface area (Å²) < 4.78 is 1.71. The van der Waals surface area contributed by atoms with E-state index in [1.54, 1.807) is 10.9 Å². The lowest BCUT2D eigenvalue weighted by molar-refractivity contribution is -0.0356. The Morgan fingerprint density at radius 1 is 1.24 bits per heavy atom. The van der Waals surface area contributed by atoms with Crippen molar-refractivity contribution in [3.8, 4) is 0 Å². The quantitative estimate of drug-likeness (QED) is 0.629. The minimum absolute atomic E-state index is 0.239. The molecule has 0 spiro atoms. The molecule has 7 nitrogen and oxygen atoms in total. The predicted molar refractivity (Wildman–Crippen MR) is 80.5 cm³/mol. The molecule has 1 atom stereocenters. The summed E-state index contributed by atoms with van der Waals surface area (Å²) in [4.78, 5) is 12.2. The zero-order valence-electron chi connectivity index (χ0n) is 12.4. The average molecular weight is 293 g/mol. The number of anilines is 1. The Balaban J connectivity index is 2.11. The van der Waals surface area contributed by atoms with Crippen LogP contribution in [0.15, 0.2) is 12.7 Å². The van der Waals surface area contributed by atoms with Crippen LogP contribution in [0.25, 0.3) is 11.2 Å². The van der Waals surface area contributed by atoms with Gasteiger partial charge in [0.25, 0.3) is 0 Å². The molecule has 2 rings (SSSR count). The Bertz CT molecular complexity index is 586. The van der Waals surface area contributed by atoms with Gasteiger partial charge >= 0.3 is 0 Å². The first kappa shape index (κ1) is 15.7. The monoisotopic (exact) mass is 293 g/mol. The molecule has 21 heavy (non-hydrogen) atoms. The first-order valence-corrected chi connectivity index (χ1v) is 7.34. The second-order valence-electron chi connectivity index (χ2n) is 5.50. The number of hydrogen-bond acceptors (Lipinski definition) is 6. The number of unbranched alkanes of at least 4 members (excludes halogenated alkanes) is 3. The third-order valence-electron chi connectivity index (χ3n) is 3.68. The van der Waals surface area contributed by atoms with E-state index in [-0.39, 0.29) is 13.2 Å².